The summed E-state index contributed by atoms with van der Waals surface area (Å²) in [6.07, 6.45) is 0. The number of anilines is 1. The molecular weight excluding hydrogens is 273 g/mol. The van der Waals surface area contributed by atoms with Gasteiger partial charge in [0.25, 0.3) is 5.91 Å². The van der Waals surface area contributed by atoms with Gasteiger partial charge in [-0.1, -0.05) is 17.7 Å². The van der Waals surface area contributed by atoms with Crippen LogP contribution in [0.15, 0.2) is 42.5 Å². The molecule has 0 saturated heterocycles. The van der Waals surface area contributed by atoms with E-state index in [0.29, 0.717) is 11.3 Å². The molecule has 0 unspecified atom stereocenters. The van der Waals surface area contributed by atoms with Crippen LogP contribution in [0.2, 0.25) is 0 Å². The third-order valence-electron chi connectivity index (χ3n) is 2.91. The molecule has 0 fully saturated rings. The Bertz CT molecular complexity index is 698. The van der Waals surface area contributed by atoms with E-state index >= 15 is 0 Å². The zero-order chi connectivity index (χ0) is 15.4. The fraction of sp³-hybridized carbons (Fsp3) is 0.125. The number of esters is 1. The van der Waals surface area contributed by atoms with Crippen LogP contribution >= 0.6 is 0 Å². The molecule has 0 saturated carbocycles. The van der Waals surface area contributed by atoms with Crippen molar-refractivity contribution < 1.29 is 18.7 Å². The molecule has 0 atom stereocenters. The average molecular weight is 287 g/mol. The Morgan fingerprint density at radius 1 is 1.14 bits per heavy atom. The van der Waals surface area contributed by atoms with Crippen LogP contribution in [0.5, 0.6) is 0 Å². The quantitative estimate of drug-likeness (QED) is 0.882. The second-order valence-corrected chi connectivity index (χ2v) is 4.51. The predicted molar refractivity (Wildman–Crippen MR) is 76.9 cm³/mol. The van der Waals surface area contributed by atoms with E-state index in [0.717, 1.165) is 5.56 Å². The van der Waals surface area contributed by atoms with E-state index in [1.54, 1.807) is 31.2 Å². The summed E-state index contributed by atoms with van der Waals surface area (Å²) < 4.78 is 18.3. The van der Waals surface area contributed by atoms with E-state index in [1.165, 1.54) is 25.3 Å². The molecule has 5 heteroatoms. The fourth-order valence-corrected chi connectivity index (χ4v) is 1.85. The fourth-order valence-electron chi connectivity index (χ4n) is 1.85. The molecule has 0 radical (unpaired) electrons. The summed E-state index contributed by atoms with van der Waals surface area (Å²) in [6.45, 7) is 1.77. The molecule has 4 nitrogen and oxygen atoms in total. The molecule has 2 rings (SSSR count). The van der Waals surface area contributed by atoms with Gasteiger partial charge in [0, 0.05) is 5.69 Å². The van der Waals surface area contributed by atoms with Crippen LogP contribution in [-0.2, 0) is 4.74 Å². The molecule has 0 aliphatic heterocycles. The lowest BCUT2D eigenvalue weighted by molar-refractivity contribution is 0.0600. The number of carbonyl (C=O) groups is 2. The number of hydrogen-bond donors (Lipinski definition) is 1. The normalized spacial score (nSPS) is 10.0. The van der Waals surface area contributed by atoms with Gasteiger partial charge in [-0.3, -0.25) is 4.79 Å². The van der Waals surface area contributed by atoms with Crippen molar-refractivity contribution in [2.45, 2.75) is 6.92 Å². The van der Waals surface area contributed by atoms with E-state index in [1.807, 2.05) is 0 Å². The van der Waals surface area contributed by atoms with Crippen LogP contribution in [0.3, 0.4) is 0 Å². The van der Waals surface area contributed by atoms with E-state index in [-0.39, 0.29) is 5.56 Å². The second kappa shape index (κ2) is 6.17. The monoisotopic (exact) mass is 287 g/mol. The lowest BCUT2D eigenvalue weighted by atomic mass is 10.1. The number of benzene rings is 2. The maximum Gasteiger partial charge on any atom is 0.337 e. The number of methoxy groups -OCH3 is 1. The summed E-state index contributed by atoms with van der Waals surface area (Å²) in [4.78, 5) is 23.5. The first-order valence-electron chi connectivity index (χ1n) is 6.27. The summed E-state index contributed by atoms with van der Waals surface area (Å²) in [5.74, 6) is -1.67. The van der Waals surface area contributed by atoms with Crippen LogP contribution in [0.1, 0.15) is 26.3 Å². The number of amides is 1. The minimum Gasteiger partial charge on any atom is -0.465 e. The maximum absolute atomic E-state index is 13.6. The Kier molecular flexibility index (Phi) is 4.33. The number of aryl methyl sites for hydroxylation is 1. The molecule has 0 bridgehead atoms. The highest BCUT2D eigenvalue weighted by Gasteiger charge is 2.13. The molecule has 0 spiro atoms. The van der Waals surface area contributed by atoms with Crippen molar-refractivity contribution in [1.82, 2.24) is 0 Å². The maximum atomic E-state index is 13.6. The SMILES string of the molecule is COC(=O)c1cccc(NC(=O)c2cc(C)ccc2F)c1. The van der Waals surface area contributed by atoms with Crippen LogP contribution in [0, 0.1) is 12.7 Å². The number of rotatable bonds is 3. The average Bonchev–Trinajstić information content (AvgIpc) is 2.49. The number of nitrogens with one attached hydrogen (secondary N) is 1. The molecule has 2 aromatic carbocycles. The summed E-state index contributed by atoms with van der Waals surface area (Å²) in [7, 11) is 1.27. The zero-order valence-corrected chi connectivity index (χ0v) is 11.6. The molecule has 0 aliphatic carbocycles. The largest absolute Gasteiger partial charge is 0.465 e. The first-order chi connectivity index (χ1) is 10.0. The van der Waals surface area contributed by atoms with Crippen molar-refractivity contribution >= 4 is 17.6 Å². The van der Waals surface area contributed by atoms with Crippen LogP contribution in [0.4, 0.5) is 10.1 Å². The Morgan fingerprint density at radius 3 is 2.62 bits per heavy atom. The summed E-state index contributed by atoms with van der Waals surface area (Å²) in [6, 6.07) is 10.5. The van der Waals surface area contributed by atoms with E-state index in [4.69, 9.17) is 0 Å². The Balaban J connectivity index is 2.23. The highest BCUT2D eigenvalue weighted by molar-refractivity contribution is 6.05. The molecular formula is C16H14FNO3. The predicted octanol–water partition coefficient (Wildman–Crippen LogP) is 3.17. The van der Waals surface area contributed by atoms with Crippen molar-refractivity contribution in [3.63, 3.8) is 0 Å². The van der Waals surface area contributed by atoms with E-state index < -0.39 is 17.7 Å². The van der Waals surface area contributed by atoms with Gasteiger partial charge < -0.3 is 10.1 Å². The van der Waals surface area contributed by atoms with Gasteiger partial charge in [-0.25, -0.2) is 9.18 Å². The lowest BCUT2D eigenvalue weighted by Gasteiger charge is -2.08. The van der Waals surface area contributed by atoms with Gasteiger partial charge in [0.2, 0.25) is 0 Å². The second-order valence-electron chi connectivity index (χ2n) is 4.51. The first kappa shape index (κ1) is 14.7. The van der Waals surface area contributed by atoms with Crippen molar-refractivity contribution in [2.24, 2.45) is 0 Å². The Hall–Kier alpha value is -2.69. The number of hydrogen-bond acceptors (Lipinski definition) is 3. The van der Waals surface area contributed by atoms with Crippen LogP contribution in [0.25, 0.3) is 0 Å². The van der Waals surface area contributed by atoms with Crippen molar-refractivity contribution in [3.05, 3.63) is 65.0 Å². The third-order valence-corrected chi connectivity index (χ3v) is 2.91. The van der Waals surface area contributed by atoms with Gasteiger partial charge in [0.1, 0.15) is 5.82 Å². The highest BCUT2D eigenvalue weighted by atomic mass is 19.1. The molecule has 2 aromatic rings. The lowest BCUT2D eigenvalue weighted by Crippen LogP contribution is -2.14. The standard InChI is InChI=1S/C16H14FNO3/c1-10-6-7-14(17)13(8-10)15(19)18-12-5-3-4-11(9-12)16(20)21-2/h3-9H,1-2H3,(H,18,19). The van der Waals surface area contributed by atoms with E-state index in [2.05, 4.69) is 10.1 Å². The first-order valence-corrected chi connectivity index (χ1v) is 6.27. The molecule has 0 heterocycles. The van der Waals surface area contributed by atoms with Gasteiger partial charge in [0.05, 0.1) is 18.2 Å². The number of ether oxygens (including phenoxy) is 1. The Morgan fingerprint density at radius 2 is 1.90 bits per heavy atom. The Labute approximate surface area is 121 Å². The molecule has 0 aromatic heterocycles. The molecule has 108 valence electrons. The van der Waals surface area contributed by atoms with Gasteiger partial charge in [-0.2, -0.15) is 0 Å². The number of carbonyl (C=O) groups excluding carboxylic acids is 2. The van der Waals surface area contributed by atoms with Gasteiger partial charge in [0.15, 0.2) is 0 Å². The minimum absolute atomic E-state index is 0.0431. The molecule has 21 heavy (non-hydrogen) atoms. The van der Waals surface area contributed by atoms with Gasteiger partial charge >= 0.3 is 5.97 Å². The highest BCUT2D eigenvalue weighted by Crippen LogP contribution is 2.15. The summed E-state index contributed by atoms with van der Waals surface area (Å²) in [5.41, 5.74) is 1.44. The molecule has 1 amide bonds. The van der Waals surface area contributed by atoms with Crippen molar-refractivity contribution in [1.29, 1.82) is 0 Å². The van der Waals surface area contributed by atoms with E-state index in [9.17, 15) is 14.0 Å². The number of halogens is 1. The molecule has 0 aliphatic rings. The summed E-state index contributed by atoms with van der Waals surface area (Å²) in [5, 5.41) is 2.56. The topological polar surface area (TPSA) is 55.4 Å². The van der Waals surface area contributed by atoms with Crippen LogP contribution < -0.4 is 5.32 Å². The minimum atomic E-state index is -0.595. The van der Waals surface area contributed by atoms with Crippen molar-refractivity contribution in [3.8, 4) is 0 Å². The third kappa shape index (κ3) is 3.45. The zero-order valence-electron chi connectivity index (χ0n) is 11.6. The molecule has 1 N–H and O–H groups in total. The van der Waals surface area contributed by atoms with Crippen LogP contribution in [-0.4, -0.2) is 19.0 Å². The smallest absolute Gasteiger partial charge is 0.337 e. The van der Waals surface area contributed by atoms with Gasteiger partial charge in [-0.05, 0) is 37.3 Å². The van der Waals surface area contributed by atoms with Gasteiger partial charge in [-0.15, -0.1) is 0 Å². The van der Waals surface area contributed by atoms with Crippen molar-refractivity contribution in [2.75, 3.05) is 12.4 Å². The summed E-state index contributed by atoms with van der Waals surface area (Å²) >= 11 is 0.